The van der Waals surface area contributed by atoms with Gasteiger partial charge in [0.05, 0.1) is 0 Å². The van der Waals surface area contributed by atoms with Crippen LogP contribution in [-0.2, 0) is 19.1 Å². The quantitative estimate of drug-likeness (QED) is 0.353. The zero-order chi connectivity index (χ0) is 13.3. The molecule has 0 aromatic carbocycles. The number of carbonyl (C=O) groups is 2. The predicted octanol–water partition coefficient (Wildman–Crippen LogP) is 0.109. The van der Waals surface area contributed by atoms with Crippen molar-refractivity contribution in [2.75, 3.05) is 27.3 Å². The second-order valence-electron chi connectivity index (χ2n) is 4.04. The molecule has 1 atom stereocenters. The Hall–Kier alpha value is -0.980. The number of hydrogen-bond donors (Lipinski definition) is 1. The molecule has 6 heteroatoms. The molecule has 0 rings (SSSR count). The molecule has 0 radical (unpaired) electrons. The topological polar surface area (TPSA) is 81.9 Å². The lowest BCUT2D eigenvalue weighted by atomic mass is 10.2. The number of esters is 1. The number of hydrazine groups is 1. The zero-order valence-corrected chi connectivity index (χ0v) is 10.8. The molecule has 2 N–H and O–H groups in total. The Morgan fingerprint density at radius 2 is 2.00 bits per heavy atom. The molecule has 17 heavy (non-hydrogen) atoms. The van der Waals surface area contributed by atoms with E-state index >= 15 is 0 Å². The fraction of sp³-hybridized carbons (Fsp3) is 0.818. The van der Waals surface area contributed by atoms with Crippen molar-refractivity contribution in [1.29, 1.82) is 0 Å². The lowest BCUT2D eigenvalue weighted by Gasteiger charge is -2.19. The first-order valence-electron chi connectivity index (χ1n) is 5.59. The van der Waals surface area contributed by atoms with E-state index in [2.05, 4.69) is 0 Å². The molecule has 0 heterocycles. The summed E-state index contributed by atoms with van der Waals surface area (Å²) in [6.45, 7) is 2.16. The number of ether oxygens (including phenoxy) is 2. The predicted molar refractivity (Wildman–Crippen MR) is 63.1 cm³/mol. The van der Waals surface area contributed by atoms with Crippen molar-refractivity contribution < 1.29 is 19.1 Å². The fourth-order valence-corrected chi connectivity index (χ4v) is 1.26. The SMILES string of the molecule is CO[C@@H](COC(=O)CCCC(C)=O)CN(C)N. The van der Waals surface area contributed by atoms with Crippen molar-refractivity contribution in [2.24, 2.45) is 5.84 Å². The van der Waals surface area contributed by atoms with Crippen molar-refractivity contribution in [2.45, 2.75) is 32.3 Å². The first-order valence-corrected chi connectivity index (χ1v) is 5.59. The van der Waals surface area contributed by atoms with Crippen LogP contribution < -0.4 is 5.84 Å². The summed E-state index contributed by atoms with van der Waals surface area (Å²) in [5.41, 5.74) is 0. The number of hydrogen-bond acceptors (Lipinski definition) is 6. The van der Waals surface area contributed by atoms with E-state index in [1.165, 1.54) is 19.0 Å². The van der Waals surface area contributed by atoms with Gasteiger partial charge in [-0.05, 0) is 13.3 Å². The van der Waals surface area contributed by atoms with E-state index in [4.69, 9.17) is 15.3 Å². The van der Waals surface area contributed by atoms with Crippen LogP contribution in [0.5, 0.6) is 0 Å². The minimum absolute atomic E-state index is 0.0809. The highest BCUT2D eigenvalue weighted by Gasteiger charge is 2.12. The van der Waals surface area contributed by atoms with Gasteiger partial charge in [-0.2, -0.15) is 0 Å². The molecule has 0 saturated heterocycles. The molecular weight excluding hydrogens is 224 g/mol. The molecule has 0 unspecified atom stereocenters. The molecule has 0 aliphatic heterocycles. The minimum atomic E-state index is -0.312. The van der Waals surface area contributed by atoms with E-state index in [9.17, 15) is 9.59 Å². The van der Waals surface area contributed by atoms with Gasteiger partial charge in [-0.15, -0.1) is 0 Å². The van der Waals surface area contributed by atoms with Crippen LogP contribution in [0.1, 0.15) is 26.2 Å². The van der Waals surface area contributed by atoms with E-state index in [1.807, 2.05) is 0 Å². The maximum atomic E-state index is 11.3. The molecule has 100 valence electrons. The Morgan fingerprint density at radius 3 is 2.47 bits per heavy atom. The maximum Gasteiger partial charge on any atom is 0.305 e. The highest BCUT2D eigenvalue weighted by Crippen LogP contribution is 2.00. The Kier molecular flexibility index (Phi) is 8.57. The molecule has 0 aromatic rings. The highest BCUT2D eigenvalue weighted by atomic mass is 16.6. The highest BCUT2D eigenvalue weighted by molar-refractivity contribution is 5.76. The van der Waals surface area contributed by atoms with E-state index in [0.717, 1.165) is 0 Å². The summed E-state index contributed by atoms with van der Waals surface area (Å²) >= 11 is 0. The summed E-state index contributed by atoms with van der Waals surface area (Å²) < 4.78 is 10.1. The normalized spacial score (nSPS) is 12.5. The van der Waals surface area contributed by atoms with Crippen LogP contribution in [0, 0.1) is 0 Å². The fourth-order valence-electron chi connectivity index (χ4n) is 1.26. The second kappa shape index (κ2) is 9.09. The van der Waals surface area contributed by atoms with Crippen LogP contribution in [0.3, 0.4) is 0 Å². The zero-order valence-electron chi connectivity index (χ0n) is 10.8. The molecule has 6 nitrogen and oxygen atoms in total. The van der Waals surface area contributed by atoms with Crippen LogP contribution in [0.15, 0.2) is 0 Å². The largest absolute Gasteiger partial charge is 0.463 e. The molecule has 0 saturated carbocycles. The second-order valence-corrected chi connectivity index (χ2v) is 4.04. The molecule has 0 aliphatic rings. The third-order valence-electron chi connectivity index (χ3n) is 2.16. The van der Waals surface area contributed by atoms with Gasteiger partial charge in [-0.1, -0.05) is 0 Å². The van der Waals surface area contributed by atoms with Crippen LogP contribution in [0.25, 0.3) is 0 Å². The van der Waals surface area contributed by atoms with Crippen LogP contribution in [0.2, 0.25) is 0 Å². The van der Waals surface area contributed by atoms with Crippen molar-refractivity contribution in [1.82, 2.24) is 5.01 Å². The summed E-state index contributed by atoms with van der Waals surface area (Å²) in [6.07, 6.45) is 0.965. The Bertz CT molecular complexity index is 244. The number of carbonyl (C=O) groups excluding carboxylic acids is 2. The van der Waals surface area contributed by atoms with E-state index < -0.39 is 0 Å². The average Bonchev–Trinajstić information content (AvgIpc) is 2.23. The van der Waals surface area contributed by atoms with Gasteiger partial charge in [0, 0.05) is 33.5 Å². The van der Waals surface area contributed by atoms with E-state index in [0.29, 0.717) is 19.4 Å². The number of nitrogens with zero attached hydrogens (tertiary/aromatic N) is 1. The molecule has 0 amide bonds. The molecule has 0 spiro atoms. The van der Waals surface area contributed by atoms with Crippen molar-refractivity contribution in [3.8, 4) is 0 Å². The molecule has 0 bridgehead atoms. The van der Waals surface area contributed by atoms with Crippen molar-refractivity contribution >= 4 is 11.8 Å². The molecular formula is C11H22N2O4. The van der Waals surface area contributed by atoms with E-state index in [-0.39, 0.29) is 30.9 Å². The van der Waals surface area contributed by atoms with Crippen LogP contribution in [-0.4, -0.2) is 50.2 Å². The number of rotatable bonds is 9. The summed E-state index contributed by atoms with van der Waals surface area (Å²) in [5.74, 6) is 5.23. The van der Waals surface area contributed by atoms with Gasteiger partial charge in [0.15, 0.2) is 0 Å². The summed E-state index contributed by atoms with van der Waals surface area (Å²) in [7, 11) is 3.25. The van der Waals surface area contributed by atoms with Gasteiger partial charge < -0.3 is 14.3 Å². The molecule has 0 aromatic heterocycles. The van der Waals surface area contributed by atoms with Gasteiger partial charge in [-0.3, -0.25) is 10.6 Å². The number of likely N-dealkylation sites (N-methyl/N-ethyl adjacent to an activating group) is 1. The van der Waals surface area contributed by atoms with Crippen molar-refractivity contribution in [3.63, 3.8) is 0 Å². The van der Waals surface area contributed by atoms with E-state index in [1.54, 1.807) is 7.05 Å². The maximum absolute atomic E-state index is 11.3. The average molecular weight is 246 g/mol. The smallest absolute Gasteiger partial charge is 0.305 e. The van der Waals surface area contributed by atoms with Crippen LogP contribution >= 0.6 is 0 Å². The van der Waals surface area contributed by atoms with Gasteiger partial charge in [0.25, 0.3) is 0 Å². The summed E-state index contributed by atoms with van der Waals surface area (Å²) in [6, 6.07) is 0. The Labute approximate surface area is 102 Å². The van der Waals surface area contributed by atoms with Gasteiger partial charge in [0.2, 0.25) is 0 Å². The van der Waals surface area contributed by atoms with Crippen molar-refractivity contribution in [3.05, 3.63) is 0 Å². The Morgan fingerprint density at radius 1 is 1.35 bits per heavy atom. The third kappa shape index (κ3) is 9.92. The molecule has 0 aliphatic carbocycles. The Balaban J connectivity index is 3.69. The lowest BCUT2D eigenvalue weighted by Crippen LogP contribution is -2.38. The first kappa shape index (κ1) is 16.0. The number of Topliss-reactive ketones (excluding diaryl/α,β-unsaturated/α-hetero) is 1. The number of ketones is 1. The number of nitrogens with two attached hydrogens (primary N) is 1. The third-order valence-corrected chi connectivity index (χ3v) is 2.16. The molecule has 0 fully saturated rings. The van der Waals surface area contributed by atoms with Gasteiger partial charge in [0.1, 0.15) is 18.5 Å². The van der Waals surface area contributed by atoms with Gasteiger partial charge in [-0.25, -0.2) is 5.01 Å². The summed E-state index contributed by atoms with van der Waals surface area (Å²) in [4.78, 5) is 22.0. The van der Waals surface area contributed by atoms with Crippen LogP contribution in [0.4, 0.5) is 0 Å². The standard InChI is InChI=1S/C11H22N2O4/c1-9(14)5-4-6-11(15)17-8-10(16-3)7-13(2)12/h10H,4-8,12H2,1-3H3/t10-/m1/s1. The first-order chi connectivity index (χ1) is 7.95. The summed E-state index contributed by atoms with van der Waals surface area (Å²) in [5, 5.41) is 1.47. The number of methoxy groups -OCH3 is 1. The minimum Gasteiger partial charge on any atom is -0.463 e. The van der Waals surface area contributed by atoms with Gasteiger partial charge >= 0.3 is 5.97 Å². The monoisotopic (exact) mass is 246 g/mol. The lowest BCUT2D eigenvalue weighted by molar-refractivity contribution is -0.147.